The first-order chi connectivity index (χ1) is 15.2. The normalized spacial score (nSPS) is 10.2. The third-order valence-corrected chi connectivity index (χ3v) is 4.10. The highest BCUT2D eigenvalue weighted by atomic mass is 16.6. The second-order valence-electron chi connectivity index (χ2n) is 7.14. The van der Waals surface area contributed by atoms with Crippen molar-refractivity contribution in [3.8, 4) is 22.6 Å². The van der Waals surface area contributed by atoms with Gasteiger partial charge in [-0.2, -0.15) is 0 Å². The van der Waals surface area contributed by atoms with Gasteiger partial charge in [-0.15, -0.1) is 0 Å². The lowest BCUT2D eigenvalue weighted by molar-refractivity contribution is -0.146. The van der Waals surface area contributed by atoms with Crippen LogP contribution in [0.15, 0.2) is 72.8 Å². The van der Waals surface area contributed by atoms with Crippen molar-refractivity contribution < 1.29 is 33.3 Å². The van der Waals surface area contributed by atoms with Crippen molar-refractivity contribution in [3.63, 3.8) is 0 Å². The number of carbonyl (C=O) groups is 3. The minimum absolute atomic E-state index is 0.117. The Morgan fingerprint density at radius 1 is 0.719 bits per heavy atom. The highest BCUT2D eigenvalue weighted by molar-refractivity contribution is 5.87. The molecule has 0 aliphatic heterocycles. The van der Waals surface area contributed by atoms with Crippen LogP contribution in [0.25, 0.3) is 11.1 Å². The molecule has 0 saturated heterocycles. The highest BCUT2D eigenvalue weighted by Gasteiger charge is 2.17. The van der Waals surface area contributed by atoms with Crippen molar-refractivity contribution in [3.05, 3.63) is 72.8 Å². The van der Waals surface area contributed by atoms with Crippen LogP contribution in [0.3, 0.4) is 0 Å². The van der Waals surface area contributed by atoms with Crippen molar-refractivity contribution in [2.24, 2.45) is 0 Å². The summed E-state index contributed by atoms with van der Waals surface area (Å²) in [7, 11) is 0. The van der Waals surface area contributed by atoms with Crippen LogP contribution in [-0.2, 0) is 23.9 Å². The van der Waals surface area contributed by atoms with Crippen molar-refractivity contribution in [2.45, 2.75) is 26.9 Å². The molecule has 2 rings (SSSR count). The largest absolute Gasteiger partial charge is 0.483 e. The zero-order chi connectivity index (χ0) is 23.7. The van der Waals surface area contributed by atoms with Gasteiger partial charge < -0.3 is 18.9 Å². The van der Waals surface area contributed by atoms with E-state index in [1.54, 1.807) is 24.3 Å². The van der Waals surface area contributed by atoms with Crippen LogP contribution in [0, 0.1) is 0 Å². The van der Waals surface area contributed by atoms with Crippen molar-refractivity contribution in [2.75, 3.05) is 13.2 Å². The molecule has 0 aliphatic carbocycles. The van der Waals surface area contributed by atoms with E-state index in [-0.39, 0.29) is 30.3 Å². The van der Waals surface area contributed by atoms with E-state index in [1.807, 2.05) is 24.3 Å². The fourth-order valence-electron chi connectivity index (χ4n) is 2.50. The first-order valence-electron chi connectivity index (χ1n) is 9.86. The summed E-state index contributed by atoms with van der Waals surface area (Å²) < 4.78 is 21.2. The van der Waals surface area contributed by atoms with Gasteiger partial charge in [-0.1, -0.05) is 37.4 Å². The maximum absolute atomic E-state index is 11.7. The molecule has 168 valence electrons. The summed E-state index contributed by atoms with van der Waals surface area (Å²) in [6, 6.07) is 14.3. The van der Waals surface area contributed by atoms with Gasteiger partial charge in [-0.3, -0.25) is 4.79 Å². The lowest BCUT2D eigenvalue weighted by atomic mass is 10.1. The SMILES string of the molecule is C=C(C)C(=O)OCC(COC(=O)C(=C)C)Oc1ccc(-c2ccc(OC(C)=O)cc2)cc1. The van der Waals surface area contributed by atoms with E-state index in [0.717, 1.165) is 11.1 Å². The Balaban J connectivity index is 2.06. The molecule has 0 bridgehead atoms. The van der Waals surface area contributed by atoms with E-state index in [9.17, 15) is 14.4 Å². The molecule has 0 N–H and O–H groups in total. The van der Waals surface area contributed by atoms with Crippen molar-refractivity contribution in [1.82, 2.24) is 0 Å². The monoisotopic (exact) mass is 438 g/mol. The smallest absolute Gasteiger partial charge is 0.333 e. The number of ether oxygens (including phenoxy) is 4. The van der Waals surface area contributed by atoms with E-state index in [1.165, 1.54) is 20.8 Å². The molecule has 0 atom stereocenters. The summed E-state index contributed by atoms with van der Waals surface area (Å²) in [5.41, 5.74) is 2.36. The number of carbonyl (C=O) groups excluding carboxylic acids is 3. The van der Waals surface area contributed by atoms with Crippen LogP contribution in [0.5, 0.6) is 11.5 Å². The Hall–Kier alpha value is -3.87. The van der Waals surface area contributed by atoms with Crippen LogP contribution in [0.2, 0.25) is 0 Å². The van der Waals surface area contributed by atoms with Gasteiger partial charge in [0.25, 0.3) is 0 Å². The van der Waals surface area contributed by atoms with Crippen LogP contribution in [0.4, 0.5) is 0 Å². The molecule has 0 saturated carbocycles. The quantitative estimate of drug-likeness (QED) is 0.311. The van der Waals surface area contributed by atoms with E-state index in [4.69, 9.17) is 18.9 Å². The fourth-order valence-corrected chi connectivity index (χ4v) is 2.50. The molecule has 0 heterocycles. The molecule has 32 heavy (non-hydrogen) atoms. The Labute approximate surface area is 187 Å². The molecule has 7 nitrogen and oxygen atoms in total. The number of hydrogen-bond donors (Lipinski definition) is 0. The first-order valence-corrected chi connectivity index (χ1v) is 9.86. The predicted octanol–water partition coefficient (Wildman–Crippen LogP) is 4.26. The van der Waals surface area contributed by atoms with Gasteiger partial charge in [0.05, 0.1) is 0 Å². The molecule has 2 aromatic carbocycles. The molecule has 0 aliphatic rings. The lowest BCUT2D eigenvalue weighted by Crippen LogP contribution is -2.31. The molecular formula is C25H26O7. The Kier molecular flexibility index (Phi) is 8.77. The number of benzene rings is 2. The third kappa shape index (κ3) is 7.75. The fraction of sp³-hybridized carbons (Fsp3) is 0.240. The Morgan fingerprint density at radius 2 is 1.12 bits per heavy atom. The van der Waals surface area contributed by atoms with Gasteiger partial charge in [-0.25, -0.2) is 9.59 Å². The van der Waals surface area contributed by atoms with E-state index >= 15 is 0 Å². The van der Waals surface area contributed by atoms with Gasteiger partial charge in [-0.05, 0) is 49.2 Å². The molecule has 7 heteroatoms. The molecule has 0 fully saturated rings. The average molecular weight is 438 g/mol. The highest BCUT2D eigenvalue weighted by Crippen LogP contribution is 2.25. The predicted molar refractivity (Wildman–Crippen MR) is 119 cm³/mol. The minimum atomic E-state index is -0.713. The van der Waals surface area contributed by atoms with E-state index < -0.39 is 18.0 Å². The second kappa shape index (κ2) is 11.5. The van der Waals surface area contributed by atoms with Gasteiger partial charge in [0.15, 0.2) is 6.10 Å². The molecule has 0 amide bonds. The maximum Gasteiger partial charge on any atom is 0.333 e. The Morgan fingerprint density at radius 3 is 1.50 bits per heavy atom. The molecule has 0 spiro atoms. The zero-order valence-corrected chi connectivity index (χ0v) is 18.4. The van der Waals surface area contributed by atoms with Gasteiger partial charge in [0, 0.05) is 18.1 Å². The topological polar surface area (TPSA) is 88.1 Å². The van der Waals surface area contributed by atoms with E-state index in [2.05, 4.69) is 13.2 Å². The molecule has 2 aromatic rings. The van der Waals surface area contributed by atoms with Gasteiger partial charge >= 0.3 is 17.9 Å². The Bertz CT molecular complexity index is 958. The summed E-state index contributed by atoms with van der Waals surface area (Å²) in [5, 5.41) is 0. The maximum atomic E-state index is 11.7. The molecule has 0 aromatic heterocycles. The van der Waals surface area contributed by atoms with Crippen LogP contribution < -0.4 is 9.47 Å². The summed E-state index contributed by atoms with van der Waals surface area (Å²) in [4.78, 5) is 34.4. The summed E-state index contributed by atoms with van der Waals surface area (Å²) in [6.45, 7) is 11.3. The summed E-state index contributed by atoms with van der Waals surface area (Å²) in [5.74, 6) is -0.517. The number of hydrogen-bond acceptors (Lipinski definition) is 7. The second-order valence-corrected chi connectivity index (χ2v) is 7.14. The summed E-state index contributed by atoms with van der Waals surface area (Å²) >= 11 is 0. The van der Waals surface area contributed by atoms with Gasteiger partial charge in [0.2, 0.25) is 0 Å². The molecule has 0 unspecified atom stereocenters. The van der Waals surface area contributed by atoms with E-state index in [0.29, 0.717) is 11.5 Å². The van der Waals surface area contributed by atoms with Gasteiger partial charge in [0.1, 0.15) is 24.7 Å². The lowest BCUT2D eigenvalue weighted by Gasteiger charge is -2.19. The van der Waals surface area contributed by atoms with Crippen molar-refractivity contribution >= 4 is 17.9 Å². The molecule has 0 radical (unpaired) electrons. The number of rotatable bonds is 10. The van der Waals surface area contributed by atoms with Crippen LogP contribution in [0.1, 0.15) is 20.8 Å². The zero-order valence-electron chi connectivity index (χ0n) is 18.4. The van der Waals surface area contributed by atoms with Crippen molar-refractivity contribution in [1.29, 1.82) is 0 Å². The standard InChI is InChI=1S/C25H26O7/c1-16(2)24(27)29-14-23(15-30-25(28)17(3)4)32-22-12-8-20(9-13-22)19-6-10-21(11-7-19)31-18(5)26/h6-13,23H,1,3,14-15H2,2,4-5H3. The van der Waals surface area contributed by atoms with Crippen LogP contribution >= 0.6 is 0 Å². The number of esters is 3. The minimum Gasteiger partial charge on any atom is -0.483 e. The summed E-state index contributed by atoms with van der Waals surface area (Å²) in [6.07, 6.45) is -0.713. The molecular weight excluding hydrogens is 412 g/mol. The third-order valence-electron chi connectivity index (χ3n) is 4.10. The van der Waals surface area contributed by atoms with Crippen LogP contribution in [-0.4, -0.2) is 37.2 Å². The first kappa shape index (κ1) is 24.4. The average Bonchev–Trinajstić information content (AvgIpc) is 2.75.